The van der Waals surface area contributed by atoms with Crippen LogP contribution in [0.25, 0.3) is 0 Å². The Hall–Kier alpha value is -2.58. The van der Waals surface area contributed by atoms with E-state index in [-0.39, 0.29) is 23.1 Å². The quantitative estimate of drug-likeness (QED) is 0.841. The summed E-state index contributed by atoms with van der Waals surface area (Å²) in [5.41, 5.74) is 1.44. The lowest BCUT2D eigenvalue weighted by atomic mass is 10.1. The first kappa shape index (κ1) is 18.2. The van der Waals surface area contributed by atoms with E-state index in [0.717, 1.165) is 0 Å². The molecule has 0 fully saturated rings. The standard InChI is InChI=1S/C18H20N2O5S/c1-11-7-13(8-17(12(11)2)26(19,22)23)18(21)20-9-14-10-24-15-5-3-4-6-16(15)25-14/h3-8,14H,9-10H2,1-2H3,(H,20,21)(H2,19,22,23)/t14-/m1/s1. The molecule has 2 aromatic rings. The van der Waals surface area contributed by atoms with E-state index >= 15 is 0 Å². The summed E-state index contributed by atoms with van der Waals surface area (Å²) in [7, 11) is -3.91. The number of benzene rings is 2. The Morgan fingerprint density at radius 2 is 1.92 bits per heavy atom. The minimum absolute atomic E-state index is 0.0474. The summed E-state index contributed by atoms with van der Waals surface area (Å²) in [5, 5.41) is 7.98. The number of primary sulfonamides is 1. The number of fused-ring (bicyclic) bond motifs is 1. The van der Waals surface area contributed by atoms with Crippen molar-refractivity contribution in [2.24, 2.45) is 5.14 Å². The number of nitrogens with two attached hydrogens (primary N) is 1. The van der Waals surface area contributed by atoms with Crippen LogP contribution in [-0.4, -0.2) is 33.6 Å². The van der Waals surface area contributed by atoms with Gasteiger partial charge in [0.15, 0.2) is 11.5 Å². The maximum Gasteiger partial charge on any atom is 0.251 e. The average Bonchev–Trinajstić information content (AvgIpc) is 2.60. The molecule has 138 valence electrons. The zero-order valence-electron chi connectivity index (χ0n) is 14.5. The van der Waals surface area contributed by atoms with E-state index in [9.17, 15) is 13.2 Å². The van der Waals surface area contributed by atoms with E-state index in [2.05, 4.69) is 5.32 Å². The first-order chi connectivity index (χ1) is 12.3. The molecule has 0 aliphatic carbocycles. The van der Waals surface area contributed by atoms with Crippen LogP contribution in [0.4, 0.5) is 0 Å². The third kappa shape index (κ3) is 3.81. The Morgan fingerprint density at radius 1 is 1.23 bits per heavy atom. The van der Waals surface area contributed by atoms with Crippen molar-refractivity contribution >= 4 is 15.9 Å². The first-order valence-corrected chi connectivity index (χ1v) is 9.61. The van der Waals surface area contributed by atoms with Crippen molar-refractivity contribution < 1.29 is 22.7 Å². The average molecular weight is 376 g/mol. The zero-order valence-corrected chi connectivity index (χ0v) is 15.3. The summed E-state index contributed by atoms with van der Waals surface area (Å²) < 4.78 is 34.8. The maximum atomic E-state index is 12.4. The number of para-hydroxylation sites is 2. The Kier molecular flexibility index (Phi) is 4.88. The van der Waals surface area contributed by atoms with Gasteiger partial charge in [-0.15, -0.1) is 0 Å². The maximum absolute atomic E-state index is 12.4. The monoisotopic (exact) mass is 376 g/mol. The number of hydrogen-bond donors (Lipinski definition) is 2. The van der Waals surface area contributed by atoms with Gasteiger partial charge >= 0.3 is 0 Å². The Bertz CT molecular complexity index is 956. The van der Waals surface area contributed by atoms with E-state index in [1.54, 1.807) is 26.0 Å². The molecular weight excluding hydrogens is 356 g/mol. The van der Waals surface area contributed by atoms with Crippen LogP contribution in [0.2, 0.25) is 0 Å². The van der Waals surface area contributed by atoms with Gasteiger partial charge in [0.05, 0.1) is 11.4 Å². The van der Waals surface area contributed by atoms with Crippen LogP contribution >= 0.6 is 0 Å². The van der Waals surface area contributed by atoms with E-state index in [1.165, 1.54) is 6.07 Å². The van der Waals surface area contributed by atoms with Crippen molar-refractivity contribution in [3.63, 3.8) is 0 Å². The Balaban J connectivity index is 1.71. The Morgan fingerprint density at radius 3 is 2.62 bits per heavy atom. The van der Waals surface area contributed by atoms with Crippen LogP contribution in [0.1, 0.15) is 21.5 Å². The second-order valence-corrected chi connectivity index (χ2v) is 7.70. The number of aryl methyl sites for hydroxylation is 1. The highest BCUT2D eigenvalue weighted by Crippen LogP contribution is 2.30. The number of amides is 1. The highest BCUT2D eigenvalue weighted by molar-refractivity contribution is 7.89. The van der Waals surface area contributed by atoms with Crippen molar-refractivity contribution in [2.75, 3.05) is 13.2 Å². The van der Waals surface area contributed by atoms with Crippen molar-refractivity contribution in [1.82, 2.24) is 5.32 Å². The lowest BCUT2D eigenvalue weighted by molar-refractivity contribution is 0.0789. The number of hydrogen-bond acceptors (Lipinski definition) is 5. The normalized spacial score (nSPS) is 16.2. The molecule has 0 saturated carbocycles. The summed E-state index contributed by atoms with van der Waals surface area (Å²) in [6, 6.07) is 10.2. The van der Waals surface area contributed by atoms with Crippen LogP contribution in [0.15, 0.2) is 41.3 Å². The highest BCUT2D eigenvalue weighted by atomic mass is 32.2. The van der Waals surface area contributed by atoms with Gasteiger partial charge in [-0.1, -0.05) is 12.1 Å². The lowest BCUT2D eigenvalue weighted by Crippen LogP contribution is -2.40. The highest BCUT2D eigenvalue weighted by Gasteiger charge is 2.22. The molecule has 8 heteroatoms. The smallest absolute Gasteiger partial charge is 0.251 e. The number of rotatable bonds is 4. The van der Waals surface area contributed by atoms with E-state index in [1.807, 2.05) is 18.2 Å². The minimum Gasteiger partial charge on any atom is -0.486 e. The molecule has 1 heterocycles. The van der Waals surface area contributed by atoms with Crippen LogP contribution in [0, 0.1) is 13.8 Å². The molecule has 26 heavy (non-hydrogen) atoms. The number of nitrogens with one attached hydrogen (secondary N) is 1. The molecule has 2 aromatic carbocycles. The third-order valence-corrected chi connectivity index (χ3v) is 5.28. The van der Waals surface area contributed by atoms with Gasteiger partial charge in [0.25, 0.3) is 5.91 Å². The summed E-state index contributed by atoms with van der Waals surface area (Å²) in [6.45, 7) is 3.93. The lowest BCUT2D eigenvalue weighted by Gasteiger charge is -2.26. The Labute approximate surface area is 152 Å². The fraction of sp³-hybridized carbons (Fsp3) is 0.278. The second kappa shape index (κ2) is 6.97. The summed E-state index contributed by atoms with van der Waals surface area (Å²) in [4.78, 5) is 12.4. The molecule has 0 unspecified atom stereocenters. The number of sulfonamides is 1. The van der Waals surface area contributed by atoms with Crippen molar-refractivity contribution in [1.29, 1.82) is 0 Å². The second-order valence-electron chi connectivity index (χ2n) is 6.17. The van der Waals surface area contributed by atoms with Gasteiger partial charge in [-0.25, -0.2) is 13.6 Å². The zero-order chi connectivity index (χ0) is 18.9. The molecular formula is C18H20N2O5S. The largest absolute Gasteiger partial charge is 0.486 e. The molecule has 0 saturated heterocycles. The molecule has 1 aliphatic rings. The van der Waals surface area contributed by atoms with Gasteiger partial charge in [0.1, 0.15) is 12.7 Å². The first-order valence-electron chi connectivity index (χ1n) is 8.06. The van der Waals surface area contributed by atoms with Gasteiger partial charge in [-0.2, -0.15) is 0 Å². The van der Waals surface area contributed by atoms with Crippen molar-refractivity contribution in [3.05, 3.63) is 53.1 Å². The van der Waals surface area contributed by atoms with Gasteiger partial charge in [-0.3, -0.25) is 4.79 Å². The predicted molar refractivity (Wildman–Crippen MR) is 96.0 cm³/mol. The van der Waals surface area contributed by atoms with Gasteiger partial charge in [0, 0.05) is 5.56 Å². The van der Waals surface area contributed by atoms with E-state index in [4.69, 9.17) is 14.6 Å². The fourth-order valence-corrected chi connectivity index (χ4v) is 3.60. The molecule has 0 aromatic heterocycles. The molecule has 1 amide bonds. The number of carbonyl (C=O) groups is 1. The number of ether oxygens (including phenoxy) is 2. The van der Waals surface area contributed by atoms with Crippen LogP contribution in [-0.2, 0) is 10.0 Å². The molecule has 3 N–H and O–H groups in total. The van der Waals surface area contributed by atoms with Crippen molar-refractivity contribution in [3.8, 4) is 11.5 Å². The molecule has 0 bridgehead atoms. The number of carbonyl (C=O) groups excluding carboxylic acids is 1. The summed E-state index contributed by atoms with van der Waals surface area (Å²) >= 11 is 0. The van der Waals surface area contributed by atoms with Gasteiger partial charge in [0.2, 0.25) is 10.0 Å². The van der Waals surface area contributed by atoms with E-state index in [0.29, 0.717) is 29.2 Å². The molecule has 0 spiro atoms. The topological polar surface area (TPSA) is 108 Å². The molecule has 1 aliphatic heterocycles. The van der Waals surface area contributed by atoms with Gasteiger partial charge in [-0.05, 0) is 49.2 Å². The molecule has 3 rings (SSSR count). The minimum atomic E-state index is -3.91. The third-order valence-electron chi connectivity index (χ3n) is 4.25. The van der Waals surface area contributed by atoms with Crippen molar-refractivity contribution in [2.45, 2.75) is 24.8 Å². The predicted octanol–water partition coefficient (Wildman–Crippen LogP) is 1.52. The van der Waals surface area contributed by atoms with E-state index < -0.39 is 15.9 Å². The van der Waals surface area contributed by atoms with Gasteiger partial charge < -0.3 is 14.8 Å². The van der Waals surface area contributed by atoms with Crippen LogP contribution in [0.5, 0.6) is 11.5 Å². The van der Waals surface area contributed by atoms with Crippen LogP contribution < -0.4 is 19.9 Å². The molecule has 1 atom stereocenters. The summed E-state index contributed by atoms with van der Waals surface area (Å²) in [6.07, 6.45) is -0.335. The molecule has 7 nitrogen and oxygen atoms in total. The van der Waals surface area contributed by atoms with Crippen LogP contribution in [0.3, 0.4) is 0 Å². The summed E-state index contributed by atoms with van der Waals surface area (Å²) in [5.74, 6) is 0.892. The SMILES string of the molecule is Cc1cc(C(=O)NC[C@@H]2COc3ccccc3O2)cc(S(N)(=O)=O)c1C. The fourth-order valence-electron chi connectivity index (χ4n) is 2.73. The molecule has 0 radical (unpaired) electrons.